The summed E-state index contributed by atoms with van der Waals surface area (Å²) in [5, 5.41) is 0.221. The highest BCUT2D eigenvalue weighted by Crippen LogP contribution is 2.22. The zero-order valence-electron chi connectivity index (χ0n) is 12.2. The summed E-state index contributed by atoms with van der Waals surface area (Å²) in [5.41, 5.74) is 1.03. The summed E-state index contributed by atoms with van der Waals surface area (Å²) in [4.78, 5) is 22.9. The van der Waals surface area contributed by atoms with Crippen LogP contribution < -0.4 is 0 Å². The summed E-state index contributed by atoms with van der Waals surface area (Å²) in [6.45, 7) is 6.21. The molecule has 0 saturated heterocycles. The van der Waals surface area contributed by atoms with Crippen LogP contribution in [0.4, 0.5) is 0 Å². The number of carbonyl (C=O) groups is 2. The smallest absolute Gasteiger partial charge is 0.218 e. The highest BCUT2D eigenvalue weighted by molar-refractivity contribution is 8.14. The summed E-state index contributed by atoms with van der Waals surface area (Å²) in [6.07, 6.45) is 0.647. The molecule has 2 atom stereocenters. The zero-order chi connectivity index (χ0) is 15.0. The van der Waals surface area contributed by atoms with E-state index < -0.39 is 6.10 Å². The van der Waals surface area contributed by atoms with Gasteiger partial charge < -0.3 is 9.53 Å². The van der Waals surface area contributed by atoms with Crippen LogP contribution >= 0.6 is 11.8 Å². The Morgan fingerprint density at radius 3 is 2.45 bits per heavy atom. The van der Waals surface area contributed by atoms with Crippen LogP contribution in [0.3, 0.4) is 0 Å². The minimum Gasteiger partial charge on any atom is -0.365 e. The lowest BCUT2D eigenvalue weighted by Crippen LogP contribution is -2.30. The molecule has 0 aliphatic carbocycles. The molecule has 1 rings (SSSR count). The lowest BCUT2D eigenvalue weighted by atomic mass is 10.0. The maximum atomic E-state index is 12.2. The fraction of sp³-hybridized carbons (Fsp3) is 0.500. The first-order valence-electron chi connectivity index (χ1n) is 6.84. The lowest BCUT2D eigenvalue weighted by Gasteiger charge is -2.22. The Morgan fingerprint density at radius 2 is 1.90 bits per heavy atom. The van der Waals surface area contributed by atoms with Gasteiger partial charge in [0, 0.05) is 11.7 Å². The van der Waals surface area contributed by atoms with E-state index in [0.29, 0.717) is 13.0 Å². The first-order valence-corrected chi connectivity index (χ1v) is 7.72. The molecule has 0 aliphatic rings. The van der Waals surface area contributed by atoms with Crippen molar-refractivity contribution in [1.82, 2.24) is 0 Å². The van der Waals surface area contributed by atoms with Crippen LogP contribution in [0.1, 0.15) is 32.8 Å². The normalized spacial score (nSPS) is 14.0. The number of thioether (sulfide) groups is 1. The lowest BCUT2D eigenvalue weighted by molar-refractivity contribution is -0.126. The van der Waals surface area contributed by atoms with Gasteiger partial charge in [-0.3, -0.25) is 4.79 Å². The summed E-state index contributed by atoms with van der Waals surface area (Å²) in [6, 6.07) is 9.74. The average molecular weight is 294 g/mol. The van der Waals surface area contributed by atoms with Gasteiger partial charge in [-0.2, -0.15) is 0 Å². The second-order valence-corrected chi connectivity index (χ2v) is 6.66. The molecule has 4 heteroatoms. The quantitative estimate of drug-likeness (QED) is 0.689. The monoisotopic (exact) mass is 294 g/mol. The van der Waals surface area contributed by atoms with Crippen molar-refractivity contribution in [2.24, 2.45) is 5.92 Å². The van der Waals surface area contributed by atoms with Crippen LogP contribution in [0.15, 0.2) is 30.3 Å². The van der Waals surface area contributed by atoms with Gasteiger partial charge >= 0.3 is 0 Å². The van der Waals surface area contributed by atoms with Gasteiger partial charge in [0.1, 0.15) is 12.4 Å². The minimum absolute atomic E-state index is 0.00489. The fourth-order valence-corrected chi connectivity index (χ4v) is 2.70. The number of hydrogen-bond acceptors (Lipinski definition) is 4. The fourth-order valence-electron chi connectivity index (χ4n) is 1.80. The van der Waals surface area contributed by atoms with E-state index >= 15 is 0 Å². The number of aldehydes is 1. The Balaban J connectivity index is 2.66. The number of rotatable bonds is 8. The van der Waals surface area contributed by atoms with E-state index in [1.54, 1.807) is 0 Å². The van der Waals surface area contributed by atoms with Gasteiger partial charge in [-0.25, -0.2) is 0 Å². The van der Waals surface area contributed by atoms with E-state index in [1.165, 1.54) is 11.8 Å². The van der Waals surface area contributed by atoms with E-state index in [9.17, 15) is 9.59 Å². The highest BCUT2D eigenvalue weighted by atomic mass is 32.2. The maximum absolute atomic E-state index is 12.2. The van der Waals surface area contributed by atoms with Crippen molar-refractivity contribution in [3.63, 3.8) is 0 Å². The van der Waals surface area contributed by atoms with Crippen molar-refractivity contribution >= 4 is 23.2 Å². The maximum Gasteiger partial charge on any atom is 0.218 e. The number of ether oxygens (including phenoxy) is 1. The molecule has 0 aliphatic heterocycles. The van der Waals surface area contributed by atoms with Gasteiger partial charge in [-0.1, -0.05) is 62.9 Å². The Kier molecular flexibility index (Phi) is 7.55. The summed E-state index contributed by atoms with van der Waals surface area (Å²) >= 11 is 1.27. The Labute approximate surface area is 125 Å². The molecule has 0 saturated carbocycles. The summed E-state index contributed by atoms with van der Waals surface area (Å²) in [7, 11) is 0. The van der Waals surface area contributed by atoms with Crippen LogP contribution in [-0.4, -0.2) is 22.8 Å². The summed E-state index contributed by atoms with van der Waals surface area (Å²) < 4.78 is 5.78. The van der Waals surface area contributed by atoms with Gasteiger partial charge in [0.2, 0.25) is 5.12 Å². The third-order valence-electron chi connectivity index (χ3n) is 2.84. The van der Waals surface area contributed by atoms with Crippen LogP contribution in [0, 0.1) is 5.92 Å². The molecule has 0 amide bonds. The first kappa shape index (κ1) is 16.9. The van der Waals surface area contributed by atoms with Crippen LogP contribution in [0.2, 0.25) is 0 Å². The van der Waals surface area contributed by atoms with Gasteiger partial charge in [0.05, 0.1) is 6.61 Å². The molecule has 0 N–H and O–H groups in total. The molecule has 0 heterocycles. The molecular weight excluding hydrogens is 272 g/mol. The SMILES string of the molecule is CC(C)SC(=O)[C@@H](OCc1ccccc1)[C@@H](C)CC=O. The van der Waals surface area contributed by atoms with Gasteiger partial charge in [-0.15, -0.1) is 0 Å². The summed E-state index contributed by atoms with van der Waals surface area (Å²) in [5.74, 6) is -0.102. The topological polar surface area (TPSA) is 43.4 Å². The first-order chi connectivity index (χ1) is 9.54. The molecule has 20 heavy (non-hydrogen) atoms. The molecule has 0 fully saturated rings. The second kappa shape index (κ2) is 8.93. The Hall–Kier alpha value is -1.13. The van der Waals surface area contributed by atoms with Crippen molar-refractivity contribution in [2.45, 2.75) is 45.2 Å². The van der Waals surface area contributed by atoms with Gasteiger partial charge in [-0.05, 0) is 11.5 Å². The van der Waals surface area contributed by atoms with E-state index in [1.807, 2.05) is 51.1 Å². The predicted molar refractivity (Wildman–Crippen MR) is 82.6 cm³/mol. The Morgan fingerprint density at radius 1 is 1.25 bits per heavy atom. The molecular formula is C16H22O3S. The predicted octanol–water partition coefficient (Wildman–Crippen LogP) is 3.47. The van der Waals surface area contributed by atoms with E-state index in [0.717, 1.165) is 11.8 Å². The highest BCUT2D eigenvalue weighted by Gasteiger charge is 2.26. The van der Waals surface area contributed by atoms with Crippen molar-refractivity contribution in [1.29, 1.82) is 0 Å². The molecule has 110 valence electrons. The largest absolute Gasteiger partial charge is 0.365 e. The van der Waals surface area contributed by atoms with E-state index in [-0.39, 0.29) is 16.3 Å². The van der Waals surface area contributed by atoms with Crippen molar-refractivity contribution in [3.05, 3.63) is 35.9 Å². The standard InChI is InChI=1S/C16H22O3S/c1-12(2)20-16(18)15(13(3)9-10-17)19-11-14-7-5-4-6-8-14/h4-8,10,12-13,15H,9,11H2,1-3H3/t13-,15-/m0/s1. The molecule has 0 radical (unpaired) electrons. The molecule has 0 bridgehead atoms. The molecule has 3 nitrogen and oxygen atoms in total. The van der Waals surface area contributed by atoms with E-state index in [4.69, 9.17) is 4.74 Å². The Bertz CT molecular complexity index is 417. The van der Waals surface area contributed by atoms with Crippen LogP contribution in [0.5, 0.6) is 0 Å². The molecule has 0 unspecified atom stereocenters. The van der Waals surface area contributed by atoms with Crippen molar-refractivity contribution in [2.75, 3.05) is 0 Å². The van der Waals surface area contributed by atoms with Gasteiger partial charge in [0.25, 0.3) is 0 Å². The number of hydrogen-bond donors (Lipinski definition) is 0. The third kappa shape index (κ3) is 5.88. The molecule has 0 aromatic heterocycles. The van der Waals surface area contributed by atoms with Crippen molar-refractivity contribution in [3.8, 4) is 0 Å². The third-order valence-corrected chi connectivity index (χ3v) is 3.78. The van der Waals surface area contributed by atoms with E-state index in [2.05, 4.69) is 0 Å². The average Bonchev–Trinajstić information content (AvgIpc) is 2.39. The second-order valence-electron chi connectivity index (χ2n) is 5.08. The molecule has 1 aromatic rings. The molecule has 0 spiro atoms. The minimum atomic E-state index is -0.534. The molecule has 1 aromatic carbocycles. The number of benzene rings is 1. The van der Waals surface area contributed by atoms with Crippen LogP contribution in [0.25, 0.3) is 0 Å². The number of carbonyl (C=O) groups excluding carboxylic acids is 2. The van der Waals surface area contributed by atoms with Crippen molar-refractivity contribution < 1.29 is 14.3 Å². The zero-order valence-corrected chi connectivity index (χ0v) is 13.1. The van der Waals surface area contributed by atoms with Gasteiger partial charge in [0.15, 0.2) is 0 Å². The van der Waals surface area contributed by atoms with Crippen LogP contribution in [-0.2, 0) is 20.9 Å².